The summed E-state index contributed by atoms with van der Waals surface area (Å²) in [4.78, 5) is 37.1. The van der Waals surface area contributed by atoms with Crippen molar-refractivity contribution < 1.29 is 19.4 Å². The summed E-state index contributed by atoms with van der Waals surface area (Å²) in [5.41, 5.74) is 0.785. The van der Waals surface area contributed by atoms with Crippen molar-refractivity contribution in [3.63, 3.8) is 0 Å². The van der Waals surface area contributed by atoms with Crippen LogP contribution in [0.15, 0.2) is 42.7 Å². The first-order valence-electron chi connectivity index (χ1n) is 10.3. The summed E-state index contributed by atoms with van der Waals surface area (Å²) in [5.74, 6) is -0.383. The lowest BCUT2D eigenvalue weighted by Gasteiger charge is -2.36. The lowest BCUT2D eigenvalue weighted by Crippen LogP contribution is -2.47. The molecule has 1 aromatic carbocycles. The molecule has 166 valence electrons. The van der Waals surface area contributed by atoms with Crippen LogP contribution in [0, 0.1) is 0 Å². The predicted molar refractivity (Wildman–Crippen MR) is 117 cm³/mol. The molecule has 0 radical (unpaired) electrons. The number of aliphatic hydroxyl groups is 1. The van der Waals surface area contributed by atoms with Gasteiger partial charge < -0.3 is 25.0 Å². The lowest BCUT2D eigenvalue weighted by atomic mass is 10.1. The number of hydrogen-bond donors (Lipinski definition) is 2. The number of ether oxygens (including phenoxy) is 1. The second kappa shape index (κ2) is 9.74. The van der Waals surface area contributed by atoms with Crippen molar-refractivity contribution in [1.82, 2.24) is 15.3 Å². The van der Waals surface area contributed by atoms with E-state index in [0.717, 1.165) is 37.8 Å². The third kappa shape index (κ3) is 6.39. The summed E-state index contributed by atoms with van der Waals surface area (Å²) < 4.78 is 5.10. The molecule has 31 heavy (non-hydrogen) atoms. The van der Waals surface area contributed by atoms with Crippen molar-refractivity contribution in [2.75, 3.05) is 42.5 Å². The molecule has 0 aliphatic carbocycles. The van der Waals surface area contributed by atoms with Crippen LogP contribution in [0.2, 0.25) is 0 Å². The zero-order valence-corrected chi connectivity index (χ0v) is 18.1. The number of aliphatic hydroxyl groups excluding tert-OH is 1. The van der Waals surface area contributed by atoms with Gasteiger partial charge in [0.2, 0.25) is 5.95 Å². The van der Waals surface area contributed by atoms with Crippen LogP contribution in [0.25, 0.3) is 0 Å². The molecule has 1 atom stereocenters. The number of carbonyl (C=O) groups excluding carboxylic acids is 2. The molecule has 9 heteroatoms. The van der Waals surface area contributed by atoms with Crippen molar-refractivity contribution in [2.24, 2.45) is 0 Å². The molecule has 3 rings (SSSR count). The molecule has 1 saturated heterocycles. The SMILES string of the molecule is CC(C)(C)OC(=O)[C@@H](O)CNC(=O)c1ccc(N2CCN(c3ncccn3)CC2)cc1. The number of rotatable bonds is 6. The zero-order valence-electron chi connectivity index (χ0n) is 18.1. The molecule has 0 saturated carbocycles. The highest BCUT2D eigenvalue weighted by Gasteiger charge is 2.24. The number of anilines is 2. The smallest absolute Gasteiger partial charge is 0.337 e. The summed E-state index contributed by atoms with van der Waals surface area (Å²) in [7, 11) is 0. The molecule has 2 aromatic rings. The minimum atomic E-state index is -1.41. The predicted octanol–water partition coefficient (Wildman–Crippen LogP) is 1.24. The van der Waals surface area contributed by atoms with E-state index in [4.69, 9.17) is 4.74 Å². The number of piperazine rings is 1. The first kappa shape index (κ1) is 22.5. The second-order valence-electron chi connectivity index (χ2n) is 8.33. The average molecular weight is 428 g/mol. The van der Waals surface area contributed by atoms with E-state index in [9.17, 15) is 14.7 Å². The van der Waals surface area contributed by atoms with Crippen LogP contribution in [0.4, 0.5) is 11.6 Å². The van der Waals surface area contributed by atoms with E-state index < -0.39 is 17.7 Å². The Morgan fingerprint density at radius 1 is 1.06 bits per heavy atom. The molecule has 1 amide bonds. The quantitative estimate of drug-likeness (QED) is 0.663. The number of hydrogen-bond acceptors (Lipinski definition) is 8. The molecule has 9 nitrogen and oxygen atoms in total. The molecular weight excluding hydrogens is 398 g/mol. The van der Waals surface area contributed by atoms with Crippen LogP contribution in [0.3, 0.4) is 0 Å². The Morgan fingerprint density at radius 2 is 1.65 bits per heavy atom. The van der Waals surface area contributed by atoms with Gasteiger partial charge in [0.05, 0.1) is 6.54 Å². The van der Waals surface area contributed by atoms with Gasteiger partial charge in [-0.05, 0) is 51.1 Å². The number of aromatic nitrogens is 2. The number of nitrogens with zero attached hydrogens (tertiary/aromatic N) is 4. The molecule has 1 fully saturated rings. The van der Waals surface area contributed by atoms with Gasteiger partial charge in [-0.3, -0.25) is 4.79 Å². The van der Waals surface area contributed by atoms with Crippen LogP contribution in [-0.4, -0.2) is 71.4 Å². The Hall–Kier alpha value is -3.20. The van der Waals surface area contributed by atoms with Gasteiger partial charge in [-0.25, -0.2) is 14.8 Å². The molecular formula is C22H29N5O4. The summed E-state index contributed by atoms with van der Waals surface area (Å²) in [6, 6.07) is 9.06. The van der Waals surface area contributed by atoms with Gasteiger partial charge >= 0.3 is 5.97 Å². The topological polar surface area (TPSA) is 108 Å². The van der Waals surface area contributed by atoms with Gasteiger partial charge in [-0.15, -0.1) is 0 Å². The fraction of sp³-hybridized carbons (Fsp3) is 0.455. The van der Waals surface area contributed by atoms with Crippen molar-refractivity contribution in [3.05, 3.63) is 48.3 Å². The normalized spacial score (nSPS) is 15.4. The maximum absolute atomic E-state index is 12.3. The molecule has 1 aromatic heterocycles. The maximum Gasteiger partial charge on any atom is 0.337 e. The monoisotopic (exact) mass is 427 g/mol. The van der Waals surface area contributed by atoms with Gasteiger partial charge in [-0.2, -0.15) is 0 Å². The highest BCUT2D eigenvalue weighted by atomic mass is 16.6. The second-order valence-corrected chi connectivity index (χ2v) is 8.33. The average Bonchev–Trinajstić information content (AvgIpc) is 2.77. The van der Waals surface area contributed by atoms with E-state index in [1.165, 1.54) is 0 Å². The Kier molecular flexibility index (Phi) is 7.06. The minimum absolute atomic E-state index is 0.209. The van der Waals surface area contributed by atoms with Crippen LogP contribution in [0.1, 0.15) is 31.1 Å². The third-order valence-electron chi connectivity index (χ3n) is 4.74. The van der Waals surface area contributed by atoms with Gasteiger partial charge in [-0.1, -0.05) is 0 Å². The van der Waals surface area contributed by atoms with E-state index in [1.807, 2.05) is 12.1 Å². The highest BCUT2D eigenvalue weighted by molar-refractivity contribution is 5.94. The Morgan fingerprint density at radius 3 is 2.23 bits per heavy atom. The summed E-state index contributed by atoms with van der Waals surface area (Å²) >= 11 is 0. The molecule has 1 aliphatic heterocycles. The van der Waals surface area contributed by atoms with E-state index in [1.54, 1.807) is 51.4 Å². The van der Waals surface area contributed by atoms with Crippen LogP contribution in [-0.2, 0) is 9.53 Å². The molecule has 1 aliphatic rings. The summed E-state index contributed by atoms with van der Waals surface area (Å²) in [6.45, 7) is 8.22. The van der Waals surface area contributed by atoms with Gasteiger partial charge in [0.1, 0.15) is 5.60 Å². The molecule has 2 heterocycles. The van der Waals surface area contributed by atoms with Crippen LogP contribution < -0.4 is 15.1 Å². The number of carbonyl (C=O) groups is 2. The van der Waals surface area contributed by atoms with Crippen molar-refractivity contribution >= 4 is 23.5 Å². The fourth-order valence-corrected chi connectivity index (χ4v) is 3.19. The van der Waals surface area contributed by atoms with E-state index >= 15 is 0 Å². The first-order chi connectivity index (χ1) is 14.7. The molecule has 0 spiro atoms. The molecule has 2 N–H and O–H groups in total. The zero-order chi connectivity index (χ0) is 22.4. The molecule has 0 unspecified atom stereocenters. The van der Waals surface area contributed by atoms with Crippen molar-refractivity contribution in [3.8, 4) is 0 Å². The van der Waals surface area contributed by atoms with Crippen LogP contribution in [0.5, 0.6) is 0 Å². The van der Waals surface area contributed by atoms with E-state index in [0.29, 0.717) is 5.56 Å². The van der Waals surface area contributed by atoms with E-state index in [-0.39, 0.29) is 12.5 Å². The van der Waals surface area contributed by atoms with E-state index in [2.05, 4.69) is 25.1 Å². The van der Waals surface area contributed by atoms with Crippen molar-refractivity contribution in [2.45, 2.75) is 32.5 Å². The maximum atomic E-state index is 12.3. The van der Waals surface area contributed by atoms with Crippen LogP contribution >= 0.6 is 0 Å². The lowest BCUT2D eigenvalue weighted by molar-refractivity contribution is -0.164. The van der Waals surface area contributed by atoms with Gasteiger partial charge in [0, 0.05) is 49.8 Å². The number of amides is 1. The van der Waals surface area contributed by atoms with Gasteiger partial charge in [0.15, 0.2) is 6.10 Å². The number of nitrogens with one attached hydrogen (secondary N) is 1. The van der Waals surface area contributed by atoms with Crippen molar-refractivity contribution in [1.29, 1.82) is 0 Å². The third-order valence-corrected chi connectivity index (χ3v) is 4.74. The fourth-order valence-electron chi connectivity index (χ4n) is 3.19. The largest absolute Gasteiger partial charge is 0.458 e. The Labute approximate surface area is 182 Å². The summed E-state index contributed by atoms with van der Waals surface area (Å²) in [5, 5.41) is 12.5. The minimum Gasteiger partial charge on any atom is -0.458 e. The first-order valence-corrected chi connectivity index (χ1v) is 10.3. The highest BCUT2D eigenvalue weighted by Crippen LogP contribution is 2.19. The Bertz CT molecular complexity index is 875. The standard InChI is InChI=1S/C22H29N5O4/c1-22(2,3)31-20(30)18(28)15-25-19(29)16-5-7-17(8-6-16)26-11-13-27(14-12-26)21-23-9-4-10-24-21/h4-10,18,28H,11-15H2,1-3H3,(H,25,29)/t18-/m0/s1. The Balaban J connectivity index is 1.49. The molecule has 0 bridgehead atoms. The summed E-state index contributed by atoms with van der Waals surface area (Å²) in [6.07, 6.45) is 2.07. The number of esters is 1. The van der Waals surface area contributed by atoms with Gasteiger partial charge in [0.25, 0.3) is 5.91 Å². The number of benzene rings is 1.